The molecule has 0 unspecified atom stereocenters. The van der Waals surface area contributed by atoms with Gasteiger partial charge in [-0.05, 0) is 55.0 Å². The minimum atomic E-state index is -0.573. The number of hydrogen-bond donors (Lipinski definition) is 2. The normalized spacial score (nSPS) is 10.1. The van der Waals surface area contributed by atoms with Crippen LogP contribution < -0.4 is 10.6 Å². The number of esters is 2. The van der Waals surface area contributed by atoms with Crippen molar-refractivity contribution in [2.75, 3.05) is 24.4 Å². The standard InChI is InChI=1S/C21H21ClN2O6/c1-29-21(28)14-5-9-16(10-6-14)23-18(25)3-2-4-20(27)30-13-19(26)24-17-11-7-15(22)8-12-17/h5-12H,2-4,13H2,1H3,(H,23,25)(H,24,26). The molecule has 0 bridgehead atoms. The molecule has 9 heteroatoms. The molecule has 158 valence electrons. The third-order valence-electron chi connectivity index (χ3n) is 3.87. The van der Waals surface area contributed by atoms with Gasteiger partial charge in [-0.25, -0.2) is 4.79 Å². The Morgan fingerprint density at radius 1 is 0.833 bits per heavy atom. The van der Waals surface area contributed by atoms with Crippen LogP contribution in [0.15, 0.2) is 48.5 Å². The molecular formula is C21H21ClN2O6. The van der Waals surface area contributed by atoms with Crippen LogP contribution in [0.5, 0.6) is 0 Å². The molecule has 2 aromatic rings. The van der Waals surface area contributed by atoms with Crippen molar-refractivity contribution in [3.05, 3.63) is 59.1 Å². The van der Waals surface area contributed by atoms with Gasteiger partial charge in [0, 0.05) is 29.2 Å². The van der Waals surface area contributed by atoms with Gasteiger partial charge in [0.15, 0.2) is 6.61 Å². The lowest BCUT2D eigenvalue weighted by Gasteiger charge is -2.07. The molecule has 0 atom stereocenters. The zero-order valence-electron chi connectivity index (χ0n) is 16.3. The maximum absolute atomic E-state index is 11.9. The van der Waals surface area contributed by atoms with Crippen molar-refractivity contribution in [1.82, 2.24) is 0 Å². The van der Waals surface area contributed by atoms with Crippen LogP contribution in [-0.2, 0) is 23.9 Å². The third-order valence-corrected chi connectivity index (χ3v) is 4.12. The highest BCUT2D eigenvalue weighted by atomic mass is 35.5. The van der Waals surface area contributed by atoms with Crippen LogP contribution in [0.3, 0.4) is 0 Å². The van der Waals surface area contributed by atoms with E-state index in [4.69, 9.17) is 16.3 Å². The molecule has 2 N–H and O–H groups in total. The molecule has 0 aliphatic heterocycles. The van der Waals surface area contributed by atoms with Gasteiger partial charge in [-0.15, -0.1) is 0 Å². The fourth-order valence-electron chi connectivity index (χ4n) is 2.37. The Hall–Kier alpha value is -3.39. The summed E-state index contributed by atoms with van der Waals surface area (Å²) in [5, 5.41) is 5.78. The van der Waals surface area contributed by atoms with Gasteiger partial charge in [0.05, 0.1) is 12.7 Å². The summed E-state index contributed by atoms with van der Waals surface area (Å²) < 4.78 is 9.49. The van der Waals surface area contributed by atoms with E-state index in [9.17, 15) is 19.2 Å². The van der Waals surface area contributed by atoms with Crippen LogP contribution in [0.25, 0.3) is 0 Å². The van der Waals surface area contributed by atoms with Gasteiger partial charge in [0.25, 0.3) is 5.91 Å². The molecule has 2 aromatic carbocycles. The number of anilines is 2. The Kier molecular flexibility index (Phi) is 8.83. The average molecular weight is 433 g/mol. The number of methoxy groups -OCH3 is 1. The van der Waals surface area contributed by atoms with Gasteiger partial charge in [0.2, 0.25) is 5.91 Å². The van der Waals surface area contributed by atoms with Gasteiger partial charge >= 0.3 is 11.9 Å². The number of carbonyl (C=O) groups excluding carboxylic acids is 4. The van der Waals surface area contributed by atoms with Gasteiger partial charge < -0.3 is 20.1 Å². The summed E-state index contributed by atoms with van der Waals surface area (Å²) in [4.78, 5) is 46.8. The molecule has 0 aliphatic carbocycles. The lowest BCUT2D eigenvalue weighted by molar-refractivity contribution is -0.147. The minimum Gasteiger partial charge on any atom is -0.465 e. The molecule has 0 saturated carbocycles. The Morgan fingerprint density at radius 2 is 1.40 bits per heavy atom. The van der Waals surface area contributed by atoms with Crippen LogP contribution in [-0.4, -0.2) is 37.5 Å². The monoisotopic (exact) mass is 432 g/mol. The van der Waals surface area contributed by atoms with E-state index in [1.54, 1.807) is 36.4 Å². The Bertz CT molecular complexity index is 897. The fraction of sp³-hybridized carbons (Fsp3) is 0.238. The molecule has 8 nitrogen and oxygen atoms in total. The van der Waals surface area contributed by atoms with Crippen LogP contribution in [0.2, 0.25) is 5.02 Å². The Morgan fingerprint density at radius 3 is 2.00 bits per heavy atom. The summed E-state index contributed by atoms with van der Waals surface area (Å²) in [6.45, 7) is -0.416. The summed E-state index contributed by atoms with van der Waals surface area (Å²) in [5.41, 5.74) is 1.43. The molecule has 2 rings (SSSR count). The summed E-state index contributed by atoms with van der Waals surface area (Å²) in [7, 11) is 1.29. The summed E-state index contributed by atoms with van der Waals surface area (Å²) in [6, 6.07) is 12.7. The van der Waals surface area contributed by atoms with E-state index in [2.05, 4.69) is 15.4 Å². The first-order chi connectivity index (χ1) is 14.4. The first-order valence-corrected chi connectivity index (χ1v) is 9.44. The number of hydrogen-bond acceptors (Lipinski definition) is 6. The maximum Gasteiger partial charge on any atom is 0.337 e. The number of amides is 2. The molecule has 0 aliphatic rings. The highest BCUT2D eigenvalue weighted by Gasteiger charge is 2.10. The number of nitrogens with one attached hydrogen (secondary N) is 2. The molecule has 0 saturated heterocycles. The highest BCUT2D eigenvalue weighted by Crippen LogP contribution is 2.13. The number of benzene rings is 2. The number of carbonyl (C=O) groups is 4. The molecular weight excluding hydrogens is 412 g/mol. The van der Waals surface area contributed by atoms with E-state index < -0.39 is 24.5 Å². The lowest BCUT2D eigenvalue weighted by atomic mass is 10.2. The van der Waals surface area contributed by atoms with Crippen molar-refractivity contribution in [3.8, 4) is 0 Å². The second-order valence-corrected chi connectivity index (χ2v) is 6.62. The first kappa shape index (κ1) is 22.9. The van der Waals surface area contributed by atoms with E-state index in [0.29, 0.717) is 22.0 Å². The van der Waals surface area contributed by atoms with Gasteiger partial charge in [0.1, 0.15) is 0 Å². The van der Waals surface area contributed by atoms with E-state index in [1.807, 2.05) is 0 Å². The topological polar surface area (TPSA) is 111 Å². The van der Waals surface area contributed by atoms with Crippen molar-refractivity contribution in [2.45, 2.75) is 19.3 Å². The predicted octanol–water partition coefficient (Wildman–Crippen LogP) is 3.42. The second-order valence-electron chi connectivity index (χ2n) is 6.19. The summed E-state index contributed by atoms with van der Waals surface area (Å²) >= 11 is 5.76. The largest absolute Gasteiger partial charge is 0.465 e. The zero-order valence-corrected chi connectivity index (χ0v) is 17.0. The van der Waals surface area contributed by atoms with Crippen molar-refractivity contribution in [3.63, 3.8) is 0 Å². The molecule has 30 heavy (non-hydrogen) atoms. The van der Waals surface area contributed by atoms with Crippen LogP contribution in [0.4, 0.5) is 11.4 Å². The third kappa shape index (κ3) is 7.92. The first-order valence-electron chi connectivity index (χ1n) is 9.06. The van der Waals surface area contributed by atoms with Crippen molar-refractivity contribution >= 4 is 46.7 Å². The Labute approximate surface area is 178 Å². The van der Waals surface area contributed by atoms with Crippen LogP contribution in [0, 0.1) is 0 Å². The molecule has 0 heterocycles. The molecule has 0 fully saturated rings. The summed E-state index contributed by atoms with van der Waals surface area (Å²) in [5.74, 6) is -1.79. The molecule has 0 aromatic heterocycles. The van der Waals surface area contributed by atoms with Crippen molar-refractivity contribution in [2.24, 2.45) is 0 Å². The smallest absolute Gasteiger partial charge is 0.337 e. The van der Waals surface area contributed by atoms with Gasteiger partial charge in [-0.1, -0.05) is 11.6 Å². The SMILES string of the molecule is COC(=O)c1ccc(NC(=O)CCCC(=O)OCC(=O)Nc2ccc(Cl)cc2)cc1. The van der Waals surface area contributed by atoms with E-state index in [-0.39, 0.29) is 25.2 Å². The second kappa shape index (κ2) is 11.6. The minimum absolute atomic E-state index is 0.00290. The summed E-state index contributed by atoms with van der Waals surface area (Å²) in [6.07, 6.45) is 0.372. The predicted molar refractivity (Wildman–Crippen MR) is 111 cm³/mol. The van der Waals surface area contributed by atoms with Crippen LogP contribution in [0.1, 0.15) is 29.6 Å². The quantitative estimate of drug-likeness (QED) is 0.587. The van der Waals surface area contributed by atoms with Crippen molar-refractivity contribution in [1.29, 1.82) is 0 Å². The maximum atomic E-state index is 11.9. The highest BCUT2D eigenvalue weighted by molar-refractivity contribution is 6.30. The van der Waals surface area contributed by atoms with Crippen molar-refractivity contribution < 1.29 is 28.7 Å². The Balaban J connectivity index is 1.63. The number of ether oxygens (including phenoxy) is 2. The van der Waals surface area contributed by atoms with E-state index in [0.717, 1.165) is 0 Å². The van der Waals surface area contributed by atoms with E-state index in [1.165, 1.54) is 19.2 Å². The molecule has 0 spiro atoms. The van der Waals surface area contributed by atoms with Gasteiger partial charge in [-0.2, -0.15) is 0 Å². The fourth-order valence-corrected chi connectivity index (χ4v) is 2.50. The molecule has 0 radical (unpaired) electrons. The number of halogens is 1. The van der Waals surface area contributed by atoms with Crippen LogP contribution >= 0.6 is 11.6 Å². The number of rotatable bonds is 9. The molecule has 2 amide bonds. The lowest BCUT2D eigenvalue weighted by Crippen LogP contribution is -2.21. The average Bonchev–Trinajstić information content (AvgIpc) is 2.74. The van der Waals surface area contributed by atoms with E-state index >= 15 is 0 Å². The van der Waals surface area contributed by atoms with Gasteiger partial charge in [-0.3, -0.25) is 14.4 Å². The zero-order chi connectivity index (χ0) is 21.9.